The Morgan fingerprint density at radius 1 is 1.16 bits per heavy atom. The van der Waals surface area contributed by atoms with E-state index in [1.54, 1.807) is 0 Å². The zero-order valence-electron chi connectivity index (χ0n) is 17.2. The van der Waals surface area contributed by atoms with Gasteiger partial charge in [-0.2, -0.15) is 9.78 Å². The Morgan fingerprint density at radius 3 is 2.52 bits per heavy atom. The molecule has 0 saturated heterocycles. The summed E-state index contributed by atoms with van der Waals surface area (Å²) in [5, 5.41) is 26.7. The lowest BCUT2D eigenvalue weighted by Gasteiger charge is -2.30. The zero-order valence-corrected chi connectivity index (χ0v) is 18.0. The number of carbonyl (C=O) groups excluding carboxylic acids is 1. The van der Waals surface area contributed by atoms with Crippen molar-refractivity contribution in [1.82, 2.24) is 19.7 Å². The Balaban J connectivity index is 1.83. The minimum atomic E-state index is -0.946. The number of amides is 1. The van der Waals surface area contributed by atoms with Crippen molar-refractivity contribution < 1.29 is 15.0 Å². The molecule has 9 nitrogen and oxygen atoms in total. The highest BCUT2D eigenvalue weighted by atomic mass is 35.5. The van der Waals surface area contributed by atoms with Crippen molar-refractivity contribution in [1.29, 1.82) is 0 Å². The average molecular weight is 451 g/mol. The summed E-state index contributed by atoms with van der Waals surface area (Å²) >= 11 is 6.21. The van der Waals surface area contributed by atoms with Gasteiger partial charge in [-0.3, -0.25) is 14.2 Å². The molecule has 0 spiro atoms. The first kappa shape index (κ1) is 23.2. The highest BCUT2D eigenvalue weighted by Crippen LogP contribution is 2.26. The Kier molecular flexibility index (Phi) is 7.64. The van der Waals surface area contributed by atoms with Crippen LogP contribution in [0, 0.1) is 0 Å². The molecule has 1 saturated carbocycles. The van der Waals surface area contributed by atoms with E-state index in [1.165, 1.54) is 24.6 Å². The predicted octanol–water partition coefficient (Wildman–Crippen LogP) is 1.25. The number of nitrogens with zero attached hydrogens (tertiary/aromatic N) is 3. The smallest absolute Gasteiger partial charge is 0.352 e. The molecule has 168 valence electrons. The molecule has 1 aliphatic carbocycles. The maximum atomic E-state index is 12.8. The van der Waals surface area contributed by atoms with Crippen LogP contribution < -0.4 is 16.6 Å². The van der Waals surface area contributed by atoms with Gasteiger partial charge in [-0.15, -0.1) is 0 Å². The van der Waals surface area contributed by atoms with E-state index in [4.69, 9.17) is 16.7 Å². The number of aliphatic hydroxyl groups excluding tert-OH is 1. The molecule has 1 aromatic heterocycles. The minimum Gasteiger partial charge on any atom is -0.395 e. The topological polar surface area (TPSA) is 126 Å². The first-order chi connectivity index (χ1) is 14.8. The van der Waals surface area contributed by atoms with Gasteiger partial charge in [-0.05, 0) is 31.0 Å². The number of carbonyl (C=O) groups is 1. The fourth-order valence-electron chi connectivity index (χ4n) is 3.82. The van der Waals surface area contributed by atoms with Crippen LogP contribution in [0.5, 0.6) is 0 Å². The number of hydrogen-bond donors (Lipinski definition) is 3. The van der Waals surface area contributed by atoms with Crippen molar-refractivity contribution in [3.05, 3.63) is 55.8 Å². The van der Waals surface area contributed by atoms with Crippen LogP contribution in [0.4, 0.5) is 0 Å². The van der Waals surface area contributed by atoms with Gasteiger partial charge in [0.15, 0.2) is 0 Å². The number of halogens is 1. The third kappa shape index (κ3) is 5.61. The molecule has 0 unspecified atom stereocenters. The normalized spacial score (nSPS) is 16.4. The third-order valence-electron chi connectivity index (χ3n) is 5.59. The van der Waals surface area contributed by atoms with E-state index in [0.29, 0.717) is 12.8 Å². The molecule has 1 heterocycles. The summed E-state index contributed by atoms with van der Waals surface area (Å²) in [4.78, 5) is 37.2. The van der Waals surface area contributed by atoms with Gasteiger partial charge < -0.3 is 15.5 Å². The van der Waals surface area contributed by atoms with Crippen molar-refractivity contribution in [2.45, 2.75) is 57.1 Å². The maximum absolute atomic E-state index is 12.8. The van der Waals surface area contributed by atoms with Gasteiger partial charge >= 0.3 is 5.69 Å². The predicted molar refractivity (Wildman–Crippen MR) is 116 cm³/mol. The summed E-state index contributed by atoms with van der Waals surface area (Å²) in [6.45, 7) is -0.429. The molecule has 0 aliphatic heterocycles. The van der Waals surface area contributed by atoms with E-state index < -0.39 is 22.8 Å². The van der Waals surface area contributed by atoms with E-state index in [-0.39, 0.29) is 36.0 Å². The van der Waals surface area contributed by atoms with Gasteiger partial charge in [0.1, 0.15) is 6.20 Å². The summed E-state index contributed by atoms with van der Waals surface area (Å²) in [5.41, 5.74) is -1.94. The fourth-order valence-corrected chi connectivity index (χ4v) is 4.02. The molecule has 3 rings (SSSR count). The number of nitrogens with one attached hydrogen (secondary N) is 1. The Bertz CT molecular complexity index is 1040. The summed E-state index contributed by atoms with van der Waals surface area (Å²) in [5.74, 6) is -0.473. The van der Waals surface area contributed by atoms with E-state index in [2.05, 4.69) is 10.4 Å². The van der Waals surface area contributed by atoms with Crippen LogP contribution in [-0.4, -0.2) is 49.2 Å². The summed E-state index contributed by atoms with van der Waals surface area (Å²) in [7, 11) is 0. The van der Waals surface area contributed by atoms with Crippen molar-refractivity contribution in [2.75, 3.05) is 13.2 Å². The molecule has 2 aromatic rings. The first-order valence-corrected chi connectivity index (χ1v) is 10.8. The summed E-state index contributed by atoms with van der Waals surface area (Å²) in [6, 6.07) is 4.37. The molecule has 0 radical (unpaired) electrons. The summed E-state index contributed by atoms with van der Waals surface area (Å²) < 4.78 is 1.82. The van der Waals surface area contributed by atoms with Crippen LogP contribution in [0.1, 0.15) is 55.3 Å². The molecule has 1 aliphatic rings. The minimum absolute atomic E-state index is 0.117. The van der Waals surface area contributed by atoms with E-state index >= 15 is 0 Å². The summed E-state index contributed by atoms with van der Waals surface area (Å²) in [6.07, 6.45) is 7.38. The van der Waals surface area contributed by atoms with Crippen LogP contribution in [-0.2, 0) is 6.54 Å². The lowest BCUT2D eigenvalue weighted by atomic mass is 9.87. The highest BCUT2D eigenvalue weighted by molar-refractivity contribution is 6.33. The SMILES string of the molecule is O=C(NCC1(O)CCCCCCC1)c1cc(-n2ncc(=O)n(CCO)c2=O)ccc1Cl. The Labute approximate surface area is 184 Å². The van der Waals surface area contributed by atoms with E-state index in [0.717, 1.165) is 41.1 Å². The molecule has 1 aromatic carbocycles. The van der Waals surface area contributed by atoms with Crippen LogP contribution >= 0.6 is 11.6 Å². The maximum Gasteiger partial charge on any atom is 0.352 e. The molecular formula is C21H27ClN4O5. The second kappa shape index (κ2) is 10.2. The second-order valence-electron chi connectivity index (χ2n) is 7.89. The zero-order chi connectivity index (χ0) is 22.4. The van der Waals surface area contributed by atoms with E-state index in [1.807, 2.05) is 0 Å². The molecule has 0 atom stereocenters. The molecule has 31 heavy (non-hydrogen) atoms. The van der Waals surface area contributed by atoms with Crippen LogP contribution in [0.2, 0.25) is 5.02 Å². The number of rotatable bonds is 6. The first-order valence-electron chi connectivity index (χ1n) is 10.5. The fraction of sp³-hybridized carbons (Fsp3) is 0.524. The van der Waals surface area contributed by atoms with Gasteiger partial charge in [-0.25, -0.2) is 4.79 Å². The van der Waals surface area contributed by atoms with Crippen LogP contribution in [0.15, 0.2) is 34.0 Å². The molecule has 1 fully saturated rings. The van der Waals surface area contributed by atoms with Crippen molar-refractivity contribution in [3.63, 3.8) is 0 Å². The van der Waals surface area contributed by atoms with Crippen LogP contribution in [0.3, 0.4) is 0 Å². The standard InChI is InChI=1S/C21H27ClN4O5/c22-17-7-6-15(26-20(30)25(10-11-27)18(28)13-24-26)12-16(17)19(29)23-14-21(31)8-4-2-1-3-5-9-21/h6-7,12-13,27,31H,1-5,8-11,14H2,(H,23,29). The molecule has 0 bridgehead atoms. The largest absolute Gasteiger partial charge is 0.395 e. The molecule has 3 N–H and O–H groups in total. The second-order valence-corrected chi connectivity index (χ2v) is 8.30. The van der Waals surface area contributed by atoms with Gasteiger partial charge in [0.05, 0.1) is 35.0 Å². The van der Waals surface area contributed by atoms with Gasteiger partial charge in [0.2, 0.25) is 0 Å². The average Bonchev–Trinajstić information content (AvgIpc) is 2.73. The third-order valence-corrected chi connectivity index (χ3v) is 5.92. The van der Waals surface area contributed by atoms with Gasteiger partial charge in [0, 0.05) is 6.54 Å². The van der Waals surface area contributed by atoms with Gasteiger partial charge in [0.25, 0.3) is 11.5 Å². The quantitative estimate of drug-likeness (QED) is 0.607. The lowest BCUT2D eigenvalue weighted by molar-refractivity contribution is 0.0146. The number of aromatic nitrogens is 3. The van der Waals surface area contributed by atoms with Crippen LogP contribution in [0.25, 0.3) is 5.69 Å². The number of aliphatic hydroxyl groups is 2. The number of benzene rings is 1. The number of hydrogen-bond acceptors (Lipinski definition) is 6. The van der Waals surface area contributed by atoms with Crippen molar-refractivity contribution >= 4 is 17.5 Å². The lowest BCUT2D eigenvalue weighted by Crippen LogP contribution is -2.43. The van der Waals surface area contributed by atoms with Crippen molar-refractivity contribution in [2.24, 2.45) is 0 Å². The van der Waals surface area contributed by atoms with E-state index in [9.17, 15) is 19.5 Å². The molecule has 10 heteroatoms. The highest BCUT2D eigenvalue weighted by Gasteiger charge is 2.28. The monoisotopic (exact) mass is 450 g/mol. The Hall–Kier alpha value is -2.49. The Morgan fingerprint density at radius 2 is 1.84 bits per heavy atom. The van der Waals surface area contributed by atoms with Gasteiger partial charge in [-0.1, -0.05) is 43.7 Å². The van der Waals surface area contributed by atoms with Crippen molar-refractivity contribution in [3.8, 4) is 5.69 Å². The molecular weight excluding hydrogens is 424 g/mol. The molecule has 1 amide bonds.